The standard InChI is InChI=1S/C33H47NO13/c1-18-10-8-6-4-3-5-7-9-11-21(45-32-30(39)28(34)29(38)19(2)44-32)15-25-27(31(40)41)22(36)17-33(42,47-25)16-20(35)14-24-23(46-24)12-13-26(37)43-18/h3-9,11-13,18-25,27-30,32,35-36,38-39,42H,10,14-17,34H2,1-2H3,(H,40,41)/b4-3+,7-5+,8-6+,11-9+,13-12+/t18-,19-,20+,21?,22+,23?,24?,25+,27-,28+,29-,30+,32+,33-/m1/s1. The first kappa shape index (κ1) is 37.1. The average molecular weight is 666 g/mol. The van der Waals surface area contributed by atoms with E-state index >= 15 is 0 Å². The number of carboxylic acids is 1. The first-order valence-corrected chi connectivity index (χ1v) is 15.9. The molecule has 4 aliphatic rings. The van der Waals surface area contributed by atoms with Gasteiger partial charge in [-0.1, -0.05) is 48.6 Å². The van der Waals surface area contributed by atoms with Crippen molar-refractivity contribution in [2.45, 2.75) is 125 Å². The van der Waals surface area contributed by atoms with Gasteiger partial charge >= 0.3 is 11.9 Å². The molecule has 262 valence electrons. The Bertz CT molecular complexity index is 1220. The van der Waals surface area contributed by atoms with Crippen molar-refractivity contribution in [1.29, 1.82) is 0 Å². The second-order valence-corrected chi connectivity index (χ2v) is 12.6. The molecule has 0 aromatic rings. The van der Waals surface area contributed by atoms with Gasteiger partial charge in [0.15, 0.2) is 12.1 Å². The zero-order chi connectivity index (χ0) is 34.3. The molecule has 0 radical (unpaired) electrons. The number of aliphatic hydroxyl groups excluding tert-OH is 4. The number of nitrogens with two attached hydrogens (primary N) is 1. The van der Waals surface area contributed by atoms with Crippen molar-refractivity contribution < 1.29 is 63.9 Å². The summed E-state index contributed by atoms with van der Waals surface area (Å²) in [5, 5.41) is 63.9. The third-order valence-electron chi connectivity index (χ3n) is 8.58. The zero-order valence-electron chi connectivity index (χ0n) is 26.4. The summed E-state index contributed by atoms with van der Waals surface area (Å²) in [4.78, 5) is 24.4. The summed E-state index contributed by atoms with van der Waals surface area (Å²) in [6, 6.07) is -1.08. The van der Waals surface area contributed by atoms with Crippen molar-refractivity contribution in [2.24, 2.45) is 11.7 Å². The summed E-state index contributed by atoms with van der Waals surface area (Å²) in [6.45, 7) is 3.34. The average Bonchev–Trinajstić information content (AvgIpc) is 3.72. The highest BCUT2D eigenvalue weighted by Gasteiger charge is 2.51. The van der Waals surface area contributed by atoms with Crippen molar-refractivity contribution in [1.82, 2.24) is 0 Å². The van der Waals surface area contributed by atoms with Gasteiger partial charge in [-0.25, -0.2) is 4.79 Å². The molecule has 3 unspecified atom stereocenters. The highest BCUT2D eigenvalue weighted by Crippen LogP contribution is 2.39. The molecule has 3 fully saturated rings. The van der Waals surface area contributed by atoms with Crippen LogP contribution in [0, 0.1) is 5.92 Å². The molecular weight excluding hydrogens is 618 g/mol. The van der Waals surface area contributed by atoms with Crippen LogP contribution in [0.5, 0.6) is 0 Å². The quantitative estimate of drug-likeness (QED) is 0.157. The highest BCUT2D eigenvalue weighted by atomic mass is 16.7. The summed E-state index contributed by atoms with van der Waals surface area (Å²) < 4.78 is 28.5. The van der Waals surface area contributed by atoms with Gasteiger partial charge in [0.1, 0.15) is 24.2 Å². The van der Waals surface area contributed by atoms with E-state index in [0.717, 1.165) is 0 Å². The Morgan fingerprint density at radius 2 is 1.64 bits per heavy atom. The van der Waals surface area contributed by atoms with Crippen LogP contribution in [-0.4, -0.2) is 122 Å². The Kier molecular flexibility index (Phi) is 13.1. The predicted octanol–water partition coefficient (Wildman–Crippen LogP) is 0.120. The molecule has 0 amide bonds. The molecule has 3 saturated heterocycles. The van der Waals surface area contributed by atoms with E-state index in [1.807, 2.05) is 6.08 Å². The van der Waals surface area contributed by atoms with Crippen LogP contribution < -0.4 is 5.73 Å². The number of carboxylic acid groups (broad SMARTS) is 1. The van der Waals surface area contributed by atoms with Gasteiger partial charge in [0.2, 0.25) is 0 Å². The maximum absolute atomic E-state index is 12.3. The molecule has 8 N–H and O–H groups in total. The number of hydrogen-bond donors (Lipinski definition) is 7. The number of aliphatic carboxylic acids is 1. The number of cyclic esters (lactones) is 1. The molecule has 0 aliphatic carbocycles. The van der Waals surface area contributed by atoms with Crippen molar-refractivity contribution in [3.05, 3.63) is 60.8 Å². The van der Waals surface area contributed by atoms with Gasteiger partial charge in [-0.05, 0) is 19.9 Å². The Labute approximate surface area is 273 Å². The fourth-order valence-corrected chi connectivity index (χ4v) is 6.00. The molecule has 4 rings (SSSR count). The van der Waals surface area contributed by atoms with E-state index in [9.17, 15) is 40.2 Å². The second-order valence-electron chi connectivity index (χ2n) is 12.6. The smallest absolute Gasteiger partial charge is 0.330 e. The van der Waals surface area contributed by atoms with E-state index in [-0.39, 0.29) is 25.4 Å². The van der Waals surface area contributed by atoms with Crippen LogP contribution in [0.3, 0.4) is 0 Å². The van der Waals surface area contributed by atoms with Gasteiger partial charge in [-0.15, -0.1) is 0 Å². The minimum atomic E-state index is -2.10. The Morgan fingerprint density at radius 1 is 0.936 bits per heavy atom. The number of fused-ring (bicyclic) bond motifs is 3. The minimum Gasteiger partial charge on any atom is -0.481 e. The second kappa shape index (κ2) is 16.6. The summed E-state index contributed by atoms with van der Waals surface area (Å²) in [5.41, 5.74) is 5.98. The fraction of sp³-hybridized carbons (Fsp3) is 0.636. The maximum atomic E-state index is 12.3. The fourth-order valence-electron chi connectivity index (χ4n) is 6.00. The lowest BCUT2D eigenvalue weighted by Gasteiger charge is -2.45. The van der Waals surface area contributed by atoms with Crippen molar-refractivity contribution in [2.75, 3.05) is 0 Å². The lowest BCUT2D eigenvalue weighted by atomic mass is 9.83. The number of carbonyl (C=O) groups excluding carboxylic acids is 1. The Hall–Kier alpha value is -2.76. The molecule has 14 heteroatoms. The first-order valence-electron chi connectivity index (χ1n) is 15.9. The summed E-state index contributed by atoms with van der Waals surface area (Å²) in [6.07, 6.45) is 5.25. The summed E-state index contributed by atoms with van der Waals surface area (Å²) >= 11 is 0. The number of aliphatic hydroxyl groups is 5. The third-order valence-corrected chi connectivity index (χ3v) is 8.58. The van der Waals surface area contributed by atoms with Gasteiger partial charge < -0.3 is 60.1 Å². The van der Waals surface area contributed by atoms with Gasteiger partial charge in [-0.2, -0.15) is 0 Å². The minimum absolute atomic E-state index is 0.0789. The Balaban J connectivity index is 1.58. The number of ether oxygens (including phenoxy) is 5. The summed E-state index contributed by atoms with van der Waals surface area (Å²) in [7, 11) is 0. The van der Waals surface area contributed by atoms with Gasteiger partial charge in [0, 0.05) is 38.2 Å². The van der Waals surface area contributed by atoms with E-state index in [4.69, 9.17) is 29.4 Å². The van der Waals surface area contributed by atoms with Gasteiger partial charge in [0.25, 0.3) is 0 Å². The number of hydrogen-bond acceptors (Lipinski definition) is 13. The van der Waals surface area contributed by atoms with Crippen LogP contribution in [0.2, 0.25) is 0 Å². The Morgan fingerprint density at radius 3 is 2.36 bits per heavy atom. The van der Waals surface area contributed by atoms with Crippen molar-refractivity contribution >= 4 is 11.9 Å². The zero-order valence-corrected chi connectivity index (χ0v) is 26.4. The first-order chi connectivity index (χ1) is 22.3. The number of epoxide rings is 1. The van der Waals surface area contributed by atoms with E-state index in [2.05, 4.69) is 0 Å². The number of esters is 1. The van der Waals surface area contributed by atoms with Crippen LogP contribution >= 0.6 is 0 Å². The van der Waals surface area contributed by atoms with Crippen LogP contribution in [0.1, 0.15) is 46.0 Å². The molecule has 0 aromatic carbocycles. The van der Waals surface area contributed by atoms with Crippen molar-refractivity contribution in [3.63, 3.8) is 0 Å². The third kappa shape index (κ3) is 10.6. The number of rotatable bonds is 3. The summed E-state index contributed by atoms with van der Waals surface area (Å²) in [5.74, 6) is -5.45. The normalized spacial score (nSPS) is 47.2. The maximum Gasteiger partial charge on any atom is 0.330 e. The molecule has 14 nitrogen and oxygen atoms in total. The van der Waals surface area contributed by atoms with Crippen LogP contribution in [0.4, 0.5) is 0 Å². The van der Waals surface area contributed by atoms with Crippen LogP contribution in [-0.2, 0) is 33.3 Å². The monoisotopic (exact) mass is 665 g/mol. The largest absolute Gasteiger partial charge is 0.481 e. The number of carbonyl (C=O) groups is 2. The molecule has 4 heterocycles. The highest BCUT2D eigenvalue weighted by molar-refractivity contribution is 5.82. The van der Waals surface area contributed by atoms with Crippen LogP contribution in [0.25, 0.3) is 0 Å². The lowest BCUT2D eigenvalue weighted by Crippen LogP contribution is -2.61. The molecule has 14 atom stereocenters. The molecular formula is C33H47NO13. The molecule has 4 aliphatic heterocycles. The van der Waals surface area contributed by atoms with E-state index in [0.29, 0.717) is 6.42 Å². The molecule has 0 saturated carbocycles. The van der Waals surface area contributed by atoms with E-state index in [1.165, 1.54) is 12.2 Å². The molecule has 2 bridgehead atoms. The molecule has 0 aromatic heterocycles. The molecule has 47 heavy (non-hydrogen) atoms. The van der Waals surface area contributed by atoms with Crippen molar-refractivity contribution in [3.8, 4) is 0 Å². The number of allylic oxidation sites excluding steroid dienone is 6. The van der Waals surface area contributed by atoms with Gasteiger partial charge in [-0.3, -0.25) is 4.79 Å². The SMILES string of the molecule is C[C@@H]1C/C=C/C=C/C=C/C=C/C(O[C@@H]2O[C@H](C)[C@@H](O)[C@H](N)[C@@H]2O)C[C@@H]2O[C@](O)(C[C@@H](O)CC3OC3/C=C/C(=O)O1)C[C@H](O)[C@H]2C(=O)O. The van der Waals surface area contributed by atoms with E-state index in [1.54, 1.807) is 56.4 Å². The molecule has 0 spiro atoms. The topological polar surface area (TPSA) is 231 Å². The lowest BCUT2D eigenvalue weighted by molar-refractivity contribution is -0.308. The van der Waals surface area contributed by atoms with Crippen LogP contribution in [0.15, 0.2) is 60.8 Å². The van der Waals surface area contributed by atoms with E-state index < -0.39 is 97.3 Å². The predicted molar refractivity (Wildman–Crippen MR) is 165 cm³/mol. The van der Waals surface area contributed by atoms with Gasteiger partial charge in [0.05, 0.1) is 48.8 Å².